The van der Waals surface area contributed by atoms with Gasteiger partial charge in [-0.05, 0) is 54.4 Å². The molecule has 2 rings (SSSR count). The topological polar surface area (TPSA) is 50.4 Å². The van der Waals surface area contributed by atoms with Crippen LogP contribution in [0.25, 0.3) is 5.70 Å². The lowest BCUT2D eigenvalue weighted by Crippen LogP contribution is -2.22. The second-order valence-corrected chi connectivity index (χ2v) is 4.45. The van der Waals surface area contributed by atoms with Crippen molar-refractivity contribution in [3.63, 3.8) is 0 Å². The SMILES string of the molecule is C=C(N=C(N)Nc1cccc(C)c1)c1ccc(F)cc1. The molecule has 102 valence electrons. The summed E-state index contributed by atoms with van der Waals surface area (Å²) in [6.07, 6.45) is 0. The van der Waals surface area contributed by atoms with Crippen LogP contribution in [0.5, 0.6) is 0 Å². The predicted octanol–water partition coefficient (Wildman–Crippen LogP) is 3.53. The van der Waals surface area contributed by atoms with Gasteiger partial charge in [-0.15, -0.1) is 0 Å². The molecule has 0 spiro atoms. The number of nitrogens with one attached hydrogen (secondary N) is 1. The fraction of sp³-hybridized carbons (Fsp3) is 0.0625. The maximum absolute atomic E-state index is 12.8. The van der Waals surface area contributed by atoms with Gasteiger partial charge in [-0.2, -0.15) is 0 Å². The lowest BCUT2D eigenvalue weighted by molar-refractivity contribution is 0.627. The molecule has 20 heavy (non-hydrogen) atoms. The molecule has 0 unspecified atom stereocenters. The van der Waals surface area contributed by atoms with E-state index < -0.39 is 0 Å². The fourth-order valence-electron chi connectivity index (χ4n) is 1.75. The van der Waals surface area contributed by atoms with E-state index in [1.807, 2.05) is 31.2 Å². The maximum atomic E-state index is 12.8. The average molecular weight is 269 g/mol. The number of guanidine groups is 1. The number of anilines is 1. The molecular weight excluding hydrogens is 253 g/mol. The zero-order chi connectivity index (χ0) is 14.5. The molecule has 2 aromatic rings. The van der Waals surface area contributed by atoms with E-state index in [1.165, 1.54) is 12.1 Å². The summed E-state index contributed by atoms with van der Waals surface area (Å²) in [5.74, 6) is -0.0543. The van der Waals surface area contributed by atoms with Crippen LogP contribution in [-0.4, -0.2) is 5.96 Å². The first kappa shape index (κ1) is 13.8. The van der Waals surface area contributed by atoms with E-state index in [4.69, 9.17) is 5.73 Å². The first-order valence-electron chi connectivity index (χ1n) is 6.17. The third-order valence-corrected chi connectivity index (χ3v) is 2.72. The van der Waals surface area contributed by atoms with E-state index in [2.05, 4.69) is 16.9 Å². The van der Waals surface area contributed by atoms with Crippen LogP contribution in [0.15, 0.2) is 60.1 Å². The lowest BCUT2D eigenvalue weighted by Gasteiger charge is -2.07. The van der Waals surface area contributed by atoms with Gasteiger partial charge in [0.25, 0.3) is 0 Å². The molecule has 0 saturated carbocycles. The Hall–Kier alpha value is -2.62. The van der Waals surface area contributed by atoms with Crippen molar-refractivity contribution in [3.05, 3.63) is 72.1 Å². The van der Waals surface area contributed by atoms with Crippen LogP contribution in [0, 0.1) is 12.7 Å². The molecule has 2 aromatic carbocycles. The van der Waals surface area contributed by atoms with Crippen molar-refractivity contribution in [2.24, 2.45) is 10.7 Å². The van der Waals surface area contributed by atoms with Gasteiger partial charge in [-0.1, -0.05) is 18.7 Å². The third-order valence-electron chi connectivity index (χ3n) is 2.72. The van der Waals surface area contributed by atoms with Crippen LogP contribution < -0.4 is 11.1 Å². The van der Waals surface area contributed by atoms with Gasteiger partial charge in [0.05, 0.1) is 5.70 Å². The smallest absolute Gasteiger partial charge is 0.198 e. The highest BCUT2D eigenvalue weighted by Gasteiger charge is 2.00. The van der Waals surface area contributed by atoms with Crippen LogP contribution in [0.3, 0.4) is 0 Å². The molecule has 3 N–H and O–H groups in total. The Morgan fingerprint density at radius 1 is 1.20 bits per heavy atom. The monoisotopic (exact) mass is 269 g/mol. The van der Waals surface area contributed by atoms with Gasteiger partial charge in [0.2, 0.25) is 0 Å². The summed E-state index contributed by atoms with van der Waals surface area (Å²) in [4.78, 5) is 4.17. The second-order valence-electron chi connectivity index (χ2n) is 4.45. The Morgan fingerprint density at radius 3 is 2.55 bits per heavy atom. The second kappa shape index (κ2) is 6.02. The molecule has 0 atom stereocenters. The molecule has 0 aliphatic heterocycles. The molecule has 0 aliphatic rings. The van der Waals surface area contributed by atoms with Gasteiger partial charge in [0, 0.05) is 5.69 Å². The summed E-state index contributed by atoms with van der Waals surface area (Å²) in [5, 5.41) is 2.99. The quantitative estimate of drug-likeness (QED) is 0.661. The first-order chi connectivity index (χ1) is 9.54. The number of halogens is 1. The van der Waals surface area contributed by atoms with E-state index >= 15 is 0 Å². The van der Waals surface area contributed by atoms with Crippen LogP contribution in [0.4, 0.5) is 10.1 Å². The average Bonchev–Trinajstić information content (AvgIpc) is 2.39. The zero-order valence-electron chi connectivity index (χ0n) is 11.2. The minimum atomic E-state index is -0.295. The number of benzene rings is 2. The number of aryl methyl sites for hydroxylation is 1. The molecule has 0 fully saturated rings. The summed E-state index contributed by atoms with van der Waals surface area (Å²) in [7, 11) is 0. The first-order valence-corrected chi connectivity index (χ1v) is 6.17. The van der Waals surface area contributed by atoms with Crippen LogP contribution >= 0.6 is 0 Å². The molecular formula is C16H16FN3. The fourth-order valence-corrected chi connectivity index (χ4v) is 1.75. The van der Waals surface area contributed by atoms with Gasteiger partial charge in [0.15, 0.2) is 5.96 Å². The Labute approximate surface area is 117 Å². The normalized spacial score (nSPS) is 11.2. The summed E-state index contributed by atoms with van der Waals surface area (Å²) in [6.45, 7) is 5.82. The van der Waals surface area contributed by atoms with E-state index in [-0.39, 0.29) is 11.8 Å². The van der Waals surface area contributed by atoms with Gasteiger partial charge < -0.3 is 11.1 Å². The highest BCUT2D eigenvalue weighted by atomic mass is 19.1. The van der Waals surface area contributed by atoms with Crippen molar-refractivity contribution in [3.8, 4) is 0 Å². The highest BCUT2D eigenvalue weighted by molar-refractivity contribution is 5.95. The molecule has 0 bridgehead atoms. The number of nitrogens with two attached hydrogens (primary N) is 1. The molecule has 4 heteroatoms. The number of hydrogen-bond donors (Lipinski definition) is 2. The van der Waals surface area contributed by atoms with Crippen molar-refractivity contribution >= 4 is 17.3 Å². The Kier molecular flexibility index (Phi) is 4.15. The van der Waals surface area contributed by atoms with E-state index in [0.717, 1.165) is 16.8 Å². The molecule has 0 saturated heterocycles. The van der Waals surface area contributed by atoms with Crippen molar-refractivity contribution in [2.75, 3.05) is 5.32 Å². The largest absolute Gasteiger partial charge is 0.369 e. The van der Waals surface area contributed by atoms with Crippen molar-refractivity contribution < 1.29 is 4.39 Å². The van der Waals surface area contributed by atoms with Crippen molar-refractivity contribution in [1.29, 1.82) is 0 Å². The minimum Gasteiger partial charge on any atom is -0.369 e. The predicted molar refractivity (Wildman–Crippen MR) is 81.9 cm³/mol. The standard InChI is InChI=1S/C16H16FN3/c1-11-4-3-5-15(10-11)20-16(18)19-12(2)13-6-8-14(17)9-7-13/h3-10H,2H2,1H3,(H3,18,19,20). The molecule has 0 aromatic heterocycles. The Balaban J connectivity index is 2.10. The Morgan fingerprint density at radius 2 is 1.90 bits per heavy atom. The van der Waals surface area contributed by atoms with Gasteiger partial charge in [-0.25, -0.2) is 9.38 Å². The summed E-state index contributed by atoms with van der Waals surface area (Å²) < 4.78 is 12.8. The Bertz CT molecular complexity index is 645. The van der Waals surface area contributed by atoms with E-state index in [0.29, 0.717) is 5.70 Å². The van der Waals surface area contributed by atoms with Gasteiger partial charge in [0.1, 0.15) is 5.82 Å². The summed E-state index contributed by atoms with van der Waals surface area (Å²) in [5.41, 5.74) is 9.01. The molecule has 3 nitrogen and oxygen atoms in total. The summed E-state index contributed by atoms with van der Waals surface area (Å²) >= 11 is 0. The van der Waals surface area contributed by atoms with Gasteiger partial charge in [-0.3, -0.25) is 0 Å². The van der Waals surface area contributed by atoms with E-state index in [9.17, 15) is 4.39 Å². The molecule has 0 aliphatic carbocycles. The van der Waals surface area contributed by atoms with E-state index in [1.54, 1.807) is 12.1 Å². The van der Waals surface area contributed by atoms with Crippen molar-refractivity contribution in [1.82, 2.24) is 0 Å². The van der Waals surface area contributed by atoms with Crippen LogP contribution in [0.1, 0.15) is 11.1 Å². The van der Waals surface area contributed by atoms with Crippen LogP contribution in [-0.2, 0) is 0 Å². The number of nitrogens with zero attached hydrogens (tertiary/aromatic N) is 1. The number of rotatable bonds is 3. The molecule has 0 amide bonds. The minimum absolute atomic E-state index is 0.241. The third kappa shape index (κ3) is 3.68. The lowest BCUT2D eigenvalue weighted by atomic mass is 10.2. The number of hydrogen-bond acceptors (Lipinski definition) is 1. The van der Waals surface area contributed by atoms with Crippen LogP contribution in [0.2, 0.25) is 0 Å². The molecule has 0 heterocycles. The highest BCUT2D eigenvalue weighted by Crippen LogP contribution is 2.15. The maximum Gasteiger partial charge on any atom is 0.198 e. The summed E-state index contributed by atoms with van der Waals surface area (Å²) in [6, 6.07) is 13.7. The number of aliphatic imine (C=N–C) groups is 1. The molecule has 0 radical (unpaired) electrons. The zero-order valence-corrected chi connectivity index (χ0v) is 11.2. The van der Waals surface area contributed by atoms with Crippen molar-refractivity contribution in [2.45, 2.75) is 6.92 Å². The van der Waals surface area contributed by atoms with Gasteiger partial charge >= 0.3 is 0 Å².